The van der Waals surface area contributed by atoms with Crippen molar-refractivity contribution >= 4 is 17.3 Å². The van der Waals surface area contributed by atoms with E-state index in [9.17, 15) is 4.79 Å². The highest BCUT2D eigenvalue weighted by Gasteiger charge is 2.25. The third-order valence-electron chi connectivity index (χ3n) is 4.52. The SMILES string of the molecule is CC(=N)c1c(N)cccc1OCC1CCCN(C(=O)c2cncnc2)C1. The zero-order valence-corrected chi connectivity index (χ0v) is 14.8. The lowest BCUT2D eigenvalue weighted by Gasteiger charge is -2.32. The third-order valence-corrected chi connectivity index (χ3v) is 4.52. The molecule has 1 aliphatic rings. The number of hydrogen-bond acceptors (Lipinski definition) is 6. The average molecular weight is 353 g/mol. The Hall–Kier alpha value is -2.96. The van der Waals surface area contributed by atoms with Gasteiger partial charge in [-0.3, -0.25) is 4.79 Å². The minimum absolute atomic E-state index is 0.0460. The van der Waals surface area contributed by atoms with Crippen LogP contribution in [0.15, 0.2) is 36.9 Å². The molecule has 1 saturated heterocycles. The summed E-state index contributed by atoms with van der Waals surface area (Å²) < 4.78 is 5.97. The van der Waals surface area contributed by atoms with Crippen LogP contribution in [0, 0.1) is 11.3 Å². The van der Waals surface area contributed by atoms with Crippen LogP contribution in [-0.2, 0) is 0 Å². The highest BCUT2D eigenvalue weighted by Crippen LogP contribution is 2.26. The number of amides is 1. The Morgan fingerprint density at radius 1 is 1.38 bits per heavy atom. The van der Waals surface area contributed by atoms with Crippen LogP contribution < -0.4 is 10.5 Å². The van der Waals surface area contributed by atoms with Crippen molar-refractivity contribution in [2.24, 2.45) is 5.92 Å². The Kier molecular flexibility index (Phi) is 5.46. The highest BCUT2D eigenvalue weighted by molar-refractivity contribution is 6.03. The van der Waals surface area contributed by atoms with Crippen molar-refractivity contribution in [2.45, 2.75) is 19.8 Å². The maximum Gasteiger partial charge on any atom is 0.257 e. The van der Waals surface area contributed by atoms with Crippen LogP contribution in [-0.4, -0.2) is 46.2 Å². The van der Waals surface area contributed by atoms with Gasteiger partial charge in [0.1, 0.15) is 12.1 Å². The summed E-state index contributed by atoms with van der Waals surface area (Å²) >= 11 is 0. The number of anilines is 1. The third kappa shape index (κ3) is 3.99. The molecule has 0 aliphatic carbocycles. The fraction of sp³-hybridized carbons (Fsp3) is 0.368. The summed E-state index contributed by atoms with van der Waals surface area (Å²) in [5, 5.41) is 7.90. The van der Waals surface area contributed by atoms with E-state index >= 15 is 0 Å². The number of nitrogen functional groups attached to an aromatic ring is 1. The van der Waals surface area contributed by atoms with Crippen LogP contribution in [0.2, 0.25) is 0 Å². The van der Waals surface area contributed by atoms with Crippen molar-refractivity contribution in [2.75, 3.05) is 25.4 Å². The Bertz CT molecular complexity index is 794. The van der Waals surface area contributed by atoms with Crippen molar-refractivity contribution < 1.29 is 9.53 Å². The Labute approximate surface area is 152 Å². The first-order chi connectivity index (χ1) is 12.6. The molecule has 2 aromatic rings. The lowest BCUT2D eigenvalue weighted by atomic mass is 9.98. The van der Waals surface area contributed by atoms with Gasteiger partial charge in [0.2, 0.25) is 0 Å². The van der Waals surface area contributed by atoms with Gasteiger partial charge in [0, 0.05) is 42.8 Å². The predicted molar refractivity (Wildman–Crippen MR) is 99.5 cm³/mol. The monoisotopic (exact) mass is 353 g/mol. The topological polar surface area (TPSA) is 105 Å². The molecule has 3 N–H and O–H groups in total. The fourth-order valence-corrected chi connectivity index (χ4v) is 3.25. The second-order valence-corrected chi connectivity index (χ2v) is 6.54. The molecule has 0 radical (unpaired) electrons. The largest absolute Gasteiger partial charge is 0.492 e. The lowest BCUT2D eigenvalue weighted by molar-refractivity contribution is 0.0632. The van der Waals surface area contributed by atoms with E-state index in [1.165, 1.54) is 6.33 Å². The van der Waals surface area contributed by atoms with Crippen LogP contribution >= 0.6 is 0 Å². The summed E-state index contributed by atoms with van der Waals surface area (Å²) in [6, 6.07) is 5.42. The highest BCUT2D eigenvalue weighted by atomic mass is 16.5. The number of hydrogen-bond donors (Lipinski definition) is 2. The first-order valence-corrected chi connectivity index (χ1v) is 8.67. The van der Waals surface area contributed by atoms with Crippen molar-refractivity contribution in [3.63, 3.8) is 0 Å². The van der Waals surface area contributed by atoms with Gasteiger partial charge >= 0.3 is 0 Å². The number of nitrogens with two attached hydrogens (primary N) is 1. The number of ether oxygens (including phenoxy) is 1. The number of nitrogens with one attached hydrogen (secondary N) is 1. The molecule has 1 atom stereocenters. The van der Waals surface area contributed by atoms with Crippen molar-refractivity contribution in [3.05, 3.63) is 48.0 Å². The van der Waals surface area contributed by atoms with Gasteiger partial charge in [-0.25, -0.2) is 9.97 Å². The Morgan fingerprint density at radius 3 is 2.88 bits per heavy atom. The van der Waals surface area contributed by atoms with Gasteiger partial charge in [0.25, 0.3) is 5.91 Å². The number of carbonyl (C=O) groups is 1. The minimum atomic E-state index is -0.0460. The van der Waals surface area contributed by atoms with E-state index in [1.54, 1.807) is 25.4 Å². The number of rotatable bonds is 5. The van der Waals surface area contributed by atoms with Gasteiger partial charge in [0.15, 0.2) is 0 Å². The first-order valence-electron chi connectivity index (χ1n) is 8.67. The predicted octanol–water partition coefficient (Wildman–Crippen LogP) is 2.38. The zero-order valence-electron chi connectivity index (χ0n) is 14.8. The van der Waals surface area contributed by atoms with E-state index in [0.29, 0.717) is 41.4 Å². The van der Waals surface area contributed by atoms with E-state index in [1.807, 2.05) is 17.0 Å². The standard InChI is InChI=1S/C19H23N5O2/c1-13(20)18-16(21)5-2-6-17(18)26-11-14-4-3-7-24(10-14)19(25)15-8-22-12-23-9-15/h2,5-6,8-9,12,14,20H,3-4,7,10-11,21H2,1H3. The average Bonchev–Trinajstić information content (AvgIpc) is 2.66. The van der Waals surface area contributed by atoms with Gasteiger partial charge in [-0.05, 0) is 31.9 Å². The molecule has 3 rings (SSSR count). The Morgan fingerprint density at radius 2 is 2.15 bits per heavy atom. The van der Waals surface area contributed by atoms with Gasteiger partial charge in [-0.2, -0.15) is 0 Å². The summed E-state index contributed by atoms with van der Waals surface area (Å²) in [5.74, 6) is 0.811. The second kappa shape index (κ2) is 7.95. The van der Waals surface area contributed by atoms with Gasteiger partial charge in [-0.1, -0.05) is 6.07 Å². The summed E-state index contributed by atoms with van der Waals surface area (Å²) in [6.45, 7) is 3.54. The molecule has 136 valence electrons. The molecule has 1 aliphatic heterocycles. The fourth-order valence-electron chi connectivity index (χ4n) is 3.25. The normalized spacial score (nSPS) is 17.0. The lowest BCUT2D eigenvalue weighted by Crippen LogP contribution is -2.41. The number of aromatic nitrogens is 2. The second-order valence-electron chi connectivity index (χ2n) is 6.54. The van der Waals surface area contributed by atoms with Crippen molar-refractivity contribution in [1.29, 1.82) is 5.41 Å². The number of benzene rings is 1. The van der Waals surface area contributed by atoms with Gasteiger partial charge < -0.3 is 20.8 Å². The van der Waals surface area contributed by atoms with Crippen LogP contribution in [0.25, 0.3) is 0 Å². The summed E-state index contributed by atoms with van der Waals surface area (Å²) in [4.78, 5) is 22.2. The van der Waals surface area contributed by atoms with E-state index in [2.05, 4.69) is 9.97 Å². The zero-order chi connectivity index (χ0) is 18.5. The smallest absolute Gasteiger partial charge is 0.257 e. The Balaban J connectivity index is 1.64. The number of carbonyl (C=O) groups excluding carboxylic acids is 1. The molecule has 0 saturated carbocycles. The van der Waals surface area contributed by atoms with Crippen LogP contribution in [0.3, 0.4) is 0 Å². The van der Waals surface area contributed by atoms with Crippen molar-refractivity contribution in [1.82, 2.24) is 14.9 Å². The molecule has 7 nitrogen and oxygen atoms in total. The molecule has 1 aromatic carbocycles. The number of piperidine rings is 1. The van der Waals surface area contributed by atoms with E-state index < -0.39 is 0 Å². The summed E-state index contributed by atoms with van der Waals surface area (Å²) in [5.41, 5.74) is 8.03. The molecule has 1 unspecified atom stereocenters. The maximum absolute atomic E-state index is 12.6. The van der Waals surface area contributed by atoms with Crippen LogP contribution in [0.1, 0.15) is 35.7 Å². The molecule has 1 fully saturated rings. The number of likely N-dealkylation sites (tertiary alicyclic amines) is 1. The molecular weight excluding hydrogens is 330 g/mol. The van der Waals surface area contributed by atoms with E-state index in [-0.39, 0.29) is 11.8 Å². The van der Waals surface area contributed by atoms with Crippen molar-refractivity contribution in [3.8, 4) is 5.75 Å². The molecule has 0 spiro atoms. The first kappa shape index (κ1) is 17.8. The van der Waals surface area contributed by atoms with Crippen LogP contribution in [0.5, 0.6) is 5.75 Å². The molecule has 7 heteroatoms. The molecule has 2 heterocycles. The van der Waals surface area contributed by atoms with Gasteiger partial charge in [-0.15, -0.1) is 0 Å². The van der Waals surface area contributed by atoms with Crippen LogP contribution in [0.4, 0.5) is 5.69 Å². The molecule has 26 heavy (non-hydrogen) atoms. The molecular formula is C19H23N5O2. The number of nitrogens with zero attached hydrogens (tertiary/aromatic N) is 3. The molecule has 1 amide bonds. The minimum Gasteiger partial charge on any atom is -0.492 e. The van der Waals surface area contributed by atoms with E-state index in [4.69, 9.17) is 15.9 Å². The maximum atomic E-state index is 12.6. The molecule has 0 bridgehead atoms. The van der Waals surface area contributed by atoms with E-state index in [0.717, 1.165) is 19.4 Å². The summed E-state index contributed by atoms with van der Waals surface area (Å²) in [7, 11) is 0. The quantitative estimate of drug-likeness (QED) is 0.634. The van der Waals surface area contributed by atoms with Gasteiger partial charge in [0.05, 0.1) is 17.7 Å². The molecule has 1 aromatic heterocycles. The summed E-state index contributed by atoms with van der Waals surface area (Å²) in [6.07, 6.45) is 6.43.